The van der Waals surface area contributed by atoms with Crippen LogP contribution in [0.1, 0.15) is 11.1 Å². The van der Waals surface area contributed by atoms with Gasteiger partial charge in [-0.3, -0.25) is 4.79 Å². The maximum Gasteiger partial charge on any atom is 0.274 e. The average Bonchev–Trinajstić information content (AvgIpc) is 2.59. The quantitative estimate of drug-likeness (QED) is 0.733. The van der Waals surface area contributed by atoms with E-state index in [1.54, 1.807) is 11.7 Å². The molecule has 0 bridgehead atoms. The molecular formula is C20H22N2O2. The molecule has 124 valence electrons. The first-order valence-electron chi connectivity index (χ1n) is 7.91. The Morgan fingerprint density at radius 2 is 1.79 bits per heavy atom. The van der Waals surface area contributed by atoms with Gasteiger partial charge in [0.05, 0.1) is 12.6 Å². The number of methoxy groups -OCH3 is 1. The number of nitrogens with zero attached hydrogens (tertiary/aromatic N) is 2. The van der Waals surface area contributed by atoms with Crippen LogP contribution in [-0.4, -0.2) is 18.7 Å². The minimum Gasteiger partial charge on any atom is -0.496 e. The molecule has 0 unspecified atom stereocenters. The van der Waals surface area contributed by atoms with Gasteiger partial charge in [-0.05, 0) is 43.2 Å². The van der Waals surface area contributed by atoms with Crippen LogP contribution in [0.25, 0.3) is 10.9 Å². The number of aromatic nitrogens is 1. The molecule has 2 aromatic carbocycles. The molecule has 0 amide bonds. The summed E-state index contributed by atoms with van der Waals surface area (Å²) in [6.45, 7) is 4.08. The molecule has 0 saturated heterocycles. The minimum absolute atomic E-state index is 0.0200. The summed E-state index contributed by atoms with van der Waals surface area (Å²) in [5, 5.41) is 1.04. The molecule has 24 heavy (non-hydrogen) atoms. The molecule has 0 atom stereocenters. The van der Waals surface area contributed by atoms with Crippen molar-refractivity contribution < 1.29 is 4.74 Å². The highest BCUT2D eigenvalue weighted by atomic mass is 16.5. The zero-order chi connectivity index (χ0) is 17.4. The second-order valence-corrected chi connectivity index (χ2v) is 6.10. The van der Waals surface area contributed by atoms with E-state index in [0.29, 0.717) is 5.69 Å². The van der Waals surface area contributed by atoms with Gasteiger partial charge in [0.2, 0.25) is 0 Å². The molecule has 0 radical (unpaired) electrons. The summed E-state index contributed by atoms with van der Waals surface area (Å²) in [5.41, 5.74) is 4.73. The molecule has 1 aromatic heterocycles. The van der Waals surface area contributed by atoms with E-state index in [2.05, 4.69) is 6.07 Å². The molecule has 4 heteroatoms. The summed E-state index contributed by atoms with van der Waals surface area (Å²) in [7, 11) is 5.39. The zero-order valence-electron chi connectivity index (χ0n) is 14.8. The molecule has 0 spiro atoms. The van der Waals surface area contributed by atoms with E-state index in [1.807, 2.05) is 69.2 Å². The molecule has 0 aliphatic carbocycles. The van der Waals surface area contributed by atoms with E-state index in [-0.39, 0.29) is 5.56 Å². The Hall–Kier alpha value is -2.75. The number of fused-ring (bicyclic) bond motifs is 1. The van der Waals surface area contributed by atoms with E-state index < -0.39 is 0 Å². The third kappa shape index (κ3) is 2.54. The predicted molar refractivity (Wildman–Crippen MR) is 99.7 cm³/mol. The summed E-state index contributed by atoms with van der Waals surface area (Å²) < 4.78 is 7.16. The number of aryl methyl sites for hydroxylation is 2. The minimum atomic E-state index is -0.0200. The number of benzene rings is 2. The zero-order valence-corrected chi connectivity index (χ0v) is 14.8. The van der Waals surface area contributed by atoms with Gasteiger partial charge in [0.1, 0.15) is 11.4 Å². The second-order valence-electron chi connectivity index (χ2n) is 6.10. The van der Waals surface area contributed by atoms with Crippen LogP contribution in [0.2, 0.25) is 0 Å². The molecule has 0 saturated carbocycles. The first-order chi connectivity index (χ1) is 11.4. The summed E-state index contributed by atoms with van der Waals surface area (Å²) in [4.78, 5) is 14.7. The fourth-order valence-corrected chi connectivity index (χ4v) is 3.00. The standard InChI is InChI=1S/C20H22N2O2/c1-13-10-16(12-19(24-5)14(13)2)21(3)18-11-15-8-6-7-9-17(15)22(4)20(18)23/h6-12H,1-5H3. The fourth-order valence-electron chi connectivity index (χ4n) is 3.00. The Labute approximate surface area is 141 Å². The van der Waals surface area contributed by atoms with E-state index in [0.717, 1.165) is 33.5 Å². The molecule has 0 aliphatic heterocycles. The highest BCUT2D eigenvalue weighted by Gasteiger charge is 2.14. The van der Waals surface area contributed by atoms with Crippen molar-refractivity contribution >= 4 is 22.3 Å². The van der Waals surface area contributed by atoms with Crippen molar-refractivity contribution in [1.29, 1.82) is 0 Å². The van der Waals surface area contributed by atoms with Gasteiger partial charge in [-0.25, -0.2) is 0 Å². The van der Waals surface area contributed by atoms with E-state index in [1.165, 1.54) is 0 Å². The molecule has 1 heterocycles. The van der Waals surface area contributed by atoms with Gasteiger partial charge in [0, 0.05) is 31.2 Å². The number of pyridine rings is 1. The van der Waals surface area contributed by atoms with Gasteiger partial charge in [-0.2, -0.15) is 0 Å². The van der Waals surface area contributed by atoms with Crippen molar-refractivity contribution in [3.8, 4) is 5.75 Å². The van der Waals surface area contributed by atoms with Gasteiger partial charge in [0.15, 0.2) is 0 Å². The maximum absolute atomic E-state index is 12.8. The van der Waals surface area contributed by atoms with Crippen LogP contribution in [0.3, 0.4) is 0 Å². The number of hydrogen-bond donors (Lipinski definition) is 0. The number of hydrogen-bond acceptors (Lipinski definition) is 3. The number of ether oxygens (including phenoxy) is 1. The monoisotopic (exact) mass is 322 g/mol. The molecule has 3 aromatic rings. The average molecular weight is 322 g/mol. The lowest BCUT2D eigenvalue weighted by Crippen LogP contribution is -2.25. The molecule has 0 aliphatic rings. The van der Waals surface area contributed by atoms with Gasteiger partial charge < -0.3 is 14.2 Å². The van der Waals surface area contributed by atoms with Crippen LogP contribution in [0.15, 0.2) is 47.3 Å². The third-order valence-corrected chi connectivity index (χ3v) is 4.69. The number of rotatable bonds is 3. The highest BCUT2D eigenvalue weighted by Crippen LogP contribution is 2.31. The molecule has 0 N–H and O–H groups in total. The van der Waals surface area contributed by atoms with Crippen LogP contribution < -0.4 is 15.2 Å². The lowest BCUT2D eigenvalue weighted by Gasteiger charge is -2.22. The Morgan fingerprint density at radius 1 is 1.08 bits per heavy atom. The van der Waals surface area contributed by atoms with Crippen molar-refractivity contribution in [1.82, 2.24) is 4.57 Å². The van der Waals surface area contributed by atoms with Crippen molar-refractivity contribution in [2.24, 2.45) is 7.05 Å². The normalized spacial score (nSPS) is 10.9. The van der Waals surface area contributed by atoms with E-state index >= 15 is 0 Å². The van der Waals surface area contributed by atoms with Crippen molar-refractivity contribution in [2.45, 2.75) is 13.8 Å². The van der Waals surface area contributed by atoms with Crippen LogP contribution in [0, 0.1) is 13.8 Å². The molecule has 0 fully saturated rings. The SMILES string of the molecule is COc1cc(N(C)c2cc3ccccc3n(C)c2=O)cc(C)c1C. The van der Waals surface area contributed by atoms with E-state index in [9.17, 15) is 4.79 Å². The van der Waals surface area contributed by atoms with E-state index in [4.69, 9.17) is 4.74 Å². The summed E-state index contributed by atoms with van der Waals surface area (Å²) >= 11 is 0. The van der Waals surface area contributed by atoms with Crippen LogP contribution in [-0.2, 0) is 7.05 Å². The fraction of sp³-hybridized carbons (Fsp3) is 0.250. The summed E-state index contributed by atoms with van der Waals surface area (Å²) in [6, 6.07) is 13.9. The predicted octanol–water partition coefficient (Wildman–Crippen LogP) is 3.93. The topological polar surface area (TPSA) is 34.5 Å². The van der Waals surface area contributed by atoms with Crippen LogP contribution in [0.5, 0.6) is 5.75 Å². The van der Waals surface area contributed by atoms with Gasteiger partial charge >= 0.3 is 0 Å². The summed E-state index contributed by atoms with van der Waals surface area (Å²) in [6.07, 6.45) is 0. The number of para-hydroxylation sites is 1. The highest BCUT2D eigenvalue weighted by molar-refractivity contribution is 5.83. The maximum atomic E-state index is 12.8. The first kappa shape index (κ1) is 16.1. The Kier molecular flexibility index (Phi) is 4.06. The van der Waals surface area contributed by atoms with Gasteiger partial charge in [-0.1, -0.05) is 18.2 Å². The van der Waals surface area contributed by atoms with Crippen LogP contribution >= 0.6 is 0 Å². The van der Waals surface area contributed by atoms with Crippen molar-refractivity contribution in [3.05, 3.63) is 63.9 Å². The lowest BCUT2D eigenvalue weighted by atomic mass is 10.1. The Morgan fingerprint density at radius 3 is 2.50 bits per heavy atom. The second kappa shape index (κ2) is 6.04. The molecule has 3 rings (SSSR count). The molecule has 4 nitrogen and oxygen atoms in total. The largest absolute Gasteiger partial charge is 0.496 e. The molecular weight excluding hydrogens is 300 g/mol. The summed E-state index contributed by atoms with van der Waals surface area (Å²) in [5.74, 6) is 0.828. The van der Waals surface area contributed by atoms with Gasteiger partial charge in [0.25, 0.3) is 5.56 Å². The third-order valence-electron chi connectivity index (χ3n) is 4.69. The van der Waals surface area contributed by atoms with Crippen molar-refractivity contribution in [2.75, 3.05) is 19.1 Å². The van der Waals surface area contributed by atoms with Crippen molar-refractivity contribution in [3.63, 3.8) is 0 Å². The number of anilines is 2. The Bertz CT molecular complexity index is 973. The smallest absolute Gasteiger partial charge is 0.274 e. The lowest BCUT2D eigenvalue weighted by molar-refractivity contribution is 0.411. The van der Waals surface area contributed by atoms with Crippen LogP contribution in [0.4, 0.5) is 11.4 Å². The first-order valence-corrected chi connectivity index (χ1v) is 7.91. The Balaban J connectivity index is 2.19. The van der Waals surface area contributed by atoms with Gasteiger partial charge in [-0.15, -0.1) is 0 Å².